The first-order chi connectivity index (χ1) is 7.21. The third-order valence-electron chi connectivity index (χ3n) is 2.17. The molecule has 0 saturated carbocycles. The van der Waals surface area contributed by atoms with Crippen molar-refractivity contribution in [2.24, 2.45) is 5.14 Å². The van der Waals surface area contributed by atoms with Gasteiger partial charge in [-0.1, -0.05) is 45.8 Å². The van der Waals surface area contributed by atoms with Gasteiger partial charge < -0.3 is 0 Å². The van der Waals surface area contributed by atoms with Gasteiger partial charge in [0.15, 0.2) is 0 Å². The first-order valence-corrected chi connectivity index (χ1v) is 7.14. The predicted octanol–water partition coefficient (Wildman–Crippen LogP) is 3.94. The summed E-state index contributed by atoms with van der Waals surface area (Å²) in [6.45, 7) is 0. The molecule has 2 aromatic rings. The Labute approximate surface area is 95.8 Å². The second-order valence-electron chi connectivity index (χ2n) is 3.21. The van der Waals surface area contributed by atoms with Gasteiger partial charge in [0.2, 0.25) is 0 Å². The molecule has 0 aliphatic carbocycles. The molecule has 0 unspecified atom stereocenters. The van der Waals surface area contributed by atoms with Gasteiger partial charge in [0.25, 0.3) is 0 Å². The van der Waals surface area contributed by atoms with Crippen LogP contribution in [0.5, 0.6) is 0 Å². The van der Waals surface area contributed by atoms with Gasteiger partial charge in [-0.25, -0.2) is 0 Å². The Balaban J connectivity index is 2.44. The molecule has 0 aliphatic rings. The molecule has 0 amide bonds. The summed E-state index contributed by atoms with van der Waals surface area (Å²) in [6.07, 6.45) is 0. The standard InChI is InChI=1S/C12H12ClNS/c13-15(14,11-7-3-1-4-8-11)12-9-5-2-6-10-12/h1-10H,14H2. The molecule has 1 nitrogen and oxygen atoms in total. The van der Waals surface area contributed by atoms with Crippen molar-refractivity contribution in [2.75, 3.05) is 0 Å². The Morgan fingerprint density at radius 1 is 0.733 bits per heavy atom. The van der Waals surface area contributed by atoms with Crippen LogP contribution in [0, 0.1) is 0 Å². The zero-order chi connectivity index (χ0) is 10.7. The fraction of sp³-hybridized carbons (Fsp3) is 0. The van der Waals surface area contributed by atoms with E-state index in [1.807, 2.05) is 60.7 Å². The Morgan fingerprint density at radius 2 is 1.07 bits per heavy atom. The summed E-state index contributed by atoms with van der Waals surface area (Å²) in [5.41, 5.74) is 0. The minimum absolute atomic E-state index is 0.984. The highest BCUT2D eigenvalue weighted by Gasteiger charge is 2.19. The van der Waals surface area contributed by atoms with E-state index in [0.717, 1.165) is 9.79 Å². The fourth-order valence-corrected chi connectivity index (χ4v) is 3.37. The molecule has 0 heterocycles. The summed E-state index contributed by atoms with van der Waals surface area (Å²) in [6, 6.07) is 19.6. The number of hydrogen-bond donors (Lipinski definition) is 1. The van der Waals surface area contributed by atoms with Crippen LogP contribution in [0.25, 0.3) is 0 Å². The quantitative estimate of drug-likeness (QED) is 0.841. The molecule has 0 atom stereocenters. The van der Waals surface area contributed by atoms with E-state index >= 15 is 0 Å². The van der Waals surface area contributed by atoms with Crippen LogP contribution in [0.15, 0.2) is 70.5 Å². The lowest BCUT2D eigenvalue weighted by Crippen LogP contribution is -2.04. The van der Waals surface area contributed by atoms with Crippen molar-refractivity contribution in [3.05, 3.63) is 60.7 Å². The molecule has 0 spiro atoms. The third-order valence-corrected chi connectivity index (χ3v) is 5.16. The van der Waals surface area contributed by atoms with E-state index in [9.17, 15) is 0 Å². The van der Waals surface area contributed by atoms with Crippen molar-refractivity contribution in [3.63, 3.8) is 0 Å². The van der Waals surface area contributed by atoms with Gasteiger partial charge in [-0.2, -0.15) is 0 Å². The van der Waals surface area contributed by atoms with Gasteiger partial charge in [0.05, 0.1) is 0 Å². The minimum Gasteiger partial charge on any atom is -0.275 e. The third kappa shape index (κ3) is 2.17. The largest absolute Gasteiger partial charge is 0.275 e. The van der Waals surface area contributed by atoms with E-state index in [1.54, 1.807) is 0 Å². The summed E-state index contributed by atoms with van der Waals surface area (Å²) in [5, 5.41) is 6.21. The second kappa shape index (κ2) is 4.27. The van der Waals surface area contributed by atoms with Gasteiger partial charge in [0, 0.05) is 9.79 Å². The maximum Gasteiger partial charge on any atom is 0.0203 e. The lowest BCUT2D eigenvalue weighted by Gasteiger charge is -2.28. The van der Waals surface area contributed by atoms with Gasteiger partial charge in [-0.3, -0.25) is 5.14 Å². The van der Waals surface area contributed by atoms with Crippen LogP contribution in [0.3, 0.4) is 0 Å². The summed E-state index contributed by atoms with van der Waals surface area (Å²) in [5.74, 6) is 0. The molecule has 0 bridgehead atoms. The number of halogens is 1. The van der Waals surface area contributed by atoms with E-state index in [4.69, 9.17) is 15.8 Å². The number of rotatable bonds is 2. The molecular weight excluding hydrogens is 226 g/mol. The first-order valence-electron chi connectivity index (χ1n) is 4.62. The topological polar surface area (TPSA) is 26.0 Å². The smallest absolute Gasteiger partial charge is 0.0203 e. The van der Waals surface area contributed by atoms with Crippen molar-refractivity contribution < 1.29 is 0 Å². The molecule has 3 heteroatoms. The number of benzene rings is 2. The average molecular weight is 238 g/mol. The summed E-state index contributed by atoms with van der Waals surface area (Å²) in [4.78, 5) is 1.97. The fourth-order valence-electron chi connectivity index (χ4n) is 1.37. The minimum atomic E-state index is -1.87. The van der Waals surface area contributed by atoms with Gasteiger partial charge in [-0.15, -0.1) is 0 Å². The molecule has 0 aromatic heterocycles. The summed E-state index contributed by atoms with van der Waals surface area (Å²) >= 11 is 0. The molecule has 0 radical (unpaired) electrons. The lowest BCUT2D eigenvalue weighted by molar-refractivity contribution is 1.36. The Hall–Kier alpha value is -0.960. The molecule has 2 N–H and O–H groups in total. The van der Waals surface area contributed by atoms with Gasteiger partial charge >= 0.3 is 0 Å². The summed E-state index contributed by atoms with van der Waals surface area (Å²) in [7, 11) is 4.58. The van der Waals surface area contributed by atoms with Crippen LogP contribution >= 0.6 is 20.1 Å². The molecule has 0 saturated heterocycles. The van der Waals surface area contributed by atoms with Gasteiger partial charge in [-0.05, 0) is 34.9 Å². The van der Waals surface area contributed by atoms with Crippen molar-refractivity contribution in [3.8, 4) is 0 Å². The zero-order valence-electron chi connectivity index (χ0n) is 8.14. The highest BCUT2D eigenvalue weighted by Crippen LogP contribution is 2.59. The Kier molecular flexibility index (Phi) is 3.00. The number of nitrogens with two attached hydrogens (primary N) is 1. The van der Waals surface area contributed by atoms with Gasteiger partial charge in [0.1, 0.15) is 0 Å². The Morgan fingerprint density at radius 3 is 1.40 bits per heavy atom. The van der Waals surface area contributed by atoms with Crippen LogP contribution in [0.1, 0.15) is 0 Å². The Bertz CT molecular complexity index is 386. The molecule has 0 aliphatic heterocycles. The van der Waals surface area contributed by atoms with Crippen molar-refractivity contribution in [2.45, 2.75) is 9.79 Å². The van der Waals surface area contributed by atoms with Crippen LogP contribution in [0.4, 0.5) is 0 Å². The normalized spacial score (nSPS) is 12.4. The van der Waals surface area contributed by atoms with E-state index in [2.05, 4.69) is 0 Å². The highest BCUT2D eigenvalue weighted by atomic mass is 35.7. The zero-order valence-corrected chi connectivity index (χ0v) is 9.71. The molecule has 2 rings (SSSR count). The van der Waals surface area contributed by atoms with Crippen LogP contribution < -0.4 is 5.14 Å². The van der Waals surface area contributed by atoms with Crippen molar-refractivity contribution in [1.82, 2.24) is 0 Å². The molecule has 78 valence electrons. The monoisotopic (exact) mass is 237 g/mol. The lowest BCUT2D eigenvalue weighted by atomic mass is 10.4. The van der Waals surface area contributed by atoms with E-state index in [1.165, 1.54) is 0 Å². The maximum atomic E-state index is 6.45. The van der Waals surface area contributed by atoms with Crippen LogP contribution in [-0.4, -0.2) is 0 Å². The van der Waals surface area contributed by atoms with E-state index < -0.39 is 9.43 Å². The van der Waals surface area contributed by atoms with Crippen molar-refractivity contribution >= 4 is 20.1 Å². The summed E-state index contributed by atoms with van der Waals surface area (Å²) < 4.78 is 0. The van der Waals surface area contributed by atoms with Crippen LogP contribution in [0.2, 0.25) is 0 Å². The molecular formula is C12H12ClNS. The molecule has 2 aromatic carbocycles. The second-order valence-corrected chi connectivity index (χ2v) is 6.77. The van der Waals surface area contributed by atoms with E-state index in [-0.39, 0.29) is 0 Å². The molecule has 15 heavy (non-hydrogen) atoms. The van der Waals surface area contributed by atoms with Crippen molar-refractivity contribution in [1.29, 1.82) is 0 Å². The maximum absolute atomic E-state index is 6.45. The molecule has 0 fully saturated rings. The first kappa shape index (κ1) is 10.6. The average Bonchev–Trinajstić information content (AvgIpc) is 2.31. The van der Waals surface area contributed by atoms with E-state index in [0.29, 0.717) is 0 Å². The number of hydrogen-bond acceptors (Lipinski definition) is 1. The van der Waals surface area contributed by atoms with Crippen LogP contribution in [-0.2, 0) is 0 Å². The SMILES string of the molecule is NS(Cl)(c1ccccc1)c1ccccc1. The predicted molar refractivity (Wildman–Crippen MR) is 67.0 cm³/mol. The highest BCUT2D eigenvalue weighted by molar-refractivity contribution is 8.49.